The van der Waals surface area contributed by atoms with E-state index in [1.165, 1.54) is 0 Å². The first-order valence-electron chi connectivity index (χ1n) is 14.2. The third kappa shape index (κ3) is 5.17. The molecule has 1 aromatic carbocycles. The highest BCUT2D eigenvalue weighted by Crippen LogP contribution is 2.65. The first kappa shape index (κ1) is 27.7. The highest BCUT2D eigenvalue weighted by Gasteiger charge is 2.69. The fourth-order valence-electron chi connectivity index (χ4n) is 6.69. The molecule has 5 rings (SSSR count). The molecule has 0 spiro atoms. The number of nitriles is 1. The van der Waals surface area contributed by atoms with Crippen molar-refractivity contribution in [2.24, 2.45) is 29.1 Å². The zero-order valence-electron chi connectivity index (χ0n) is 23.5. The van der Waals surface area contributed by atoms with Crippen molar-refractivity contribution in [2.75, 3.05) is 13.1 Å². The number of piperidine rings is 1. The molecule has 6 atom stereocenters. The smallest absolute Gasteiger partial charge is 0.268 e. The molecular weight excluding hydrogens is 508 g/mol. The van der Waals surface area contributed by atoms with Crippen LogP contribution in [0.5, 0.6) is 0 Å². The van der Waals surface area contributed by atoms with Gasteiger partial charge in [-0.3, -0.25) is 19.2 Å². The number of carbonyl (C=O) groups is 4. The third-order valence-corrected chi connectivity index (χ3v) is 9.00. The second-order valence-electron chi connectivity index (χ2n) is 12.5. The van der Waals surface area contributed by atoms with E-state index in [2.05, 4.69) is 40.9 Å². The number of aromatic nitrogens is 1. The van der Waals surface area contributed by atoms with Gasteiger partial charge in [-0.05, 0) is 54.6 Å². The van der Waals surface area contributed by atoms with Crippen LogP contribution in [-0.4, -0.2) is 64.7 Å². The van der Waals surface area contributed by atoms with E-state index < -0.39 is 18.1 Å². The standard InChI is InChI=1S/C30H38N6O4/c1-16(2)11-23(35-27(38)22-13-17-7-5-6-8-21(17)34-22)29(40)36-15-20-24(30(20,3)4)25(36)28(39)33-19(14-31)12-18-9-10-32-26(18)37/h5-8,13,16,18-20,23-25,34H,9-12,15H2,1-4H3,(H,32,37)(H,33,39)(H,35,38)/t18-,19+,20-,23-,24-,25-/m0/s1. The Morgan fingerprint density at radius 2 is 1.95 bits per heavy atom. The molecule has 0 unspecified atom stereocenters. The second-order valence-corrected chi connectivity index (χ2v) is 12.5. The van der Waals surface area contributed by atoms with Gasteiger partial charge in [-0.1, -0.05) is 45.9 Å². The number of fused-ring (bicyclic) bond motifs is 2. The fraction of sp³-hybridized carbons (Fsp3) is 0.567. The van der Waals surface area contributed by atoms with Gasteiger partial charge in [0.05, 0.1) is 6.07 Å². The van der Waals surface area contributed by atoms with Crippen molar-refractivity contribution in [1.29, 1.82) is 5.26 Å². The number of H-pyrrole nitrogens is 1. The average molecular weight is 547 g/mol. The van der Waals surface area contributed by atoms with Crippen molar-refractivity contribution < 1.29 is 19.2 Å². The molecule has 4 N–H and O–H groups in total. The van der Waals surface area contributed by atoms with Gasteiger partial charge in [-0.25, -0.2) is 0 Å². The van der Waals surface area contributed by atoms with Crippen LogP contribution in [0.3, 0.4) is 0 Å². The summed E-state index contributed by atoms with van der Waals surface area (Å²) in [6.07, 6.45) is 1.29. The third-order valence-electron chi connectivity index (χ3n) is 9.00. The summed E-state index contributed by atoms with van der Waals surface area (Å²) in [6, 6.07) is 9.10. The molecule has 10 nitrogen and oxygen atoms in total. The molecule has 3 heterocycles. The molecule has 40 heavy (non-hydrogen) atoms. The second kappa shape index (κ2) is 10.6. The van der Waals surface area contributed by atoms with Crippen molar-refractivity contribution in [3.8, 4) is 6.07 Å². The number of para-hydroxylation sites is 1. The van der Waals surface area contributed by atoms with Crippen molar-refractivity contribution in [2.45, 2.75) is 65.1 Å². The quantitative estimate of drug-likeness (QED) is 0.381. The summed E-state index contributed by atoms with van der Waals surface area (Å²) >= 11 is 0. The molecule has 3 aliphatic rings. The van der Waals surface area contributed by atoms with Crippen LogP contribution in [0.15, 0.2) is 30.3 Å². The van der Waals surface area contributed by atoms with Gasteiger partial charge in [0.1, 0.15) is 23.8 Å². The Kier molecular flexibility index (Phi) is 7.34. The summed E-state index contributed by atoms with van der Waals surface area (Å²) in [6.45, 7) is 9.16. The molecule has 0 bridgehead atoms. The molecule has 1 aromatic heterocycles. The predicted octanol–water partition coefficient (Wildman–Crippen LogP) is 2.33. The average Bonchev–Trinajstić information content (AvgIpc) is 3.42. The number of likely N-dealkylation sites (tertiary alicyclic amines) is 1. The maximum Gasteiger partial charge on any atom is 0.268 e. The minimum absolute atomic E-state index is 0.0327. The van der Waals surface area contributed by atoms with Crippen LogP contribution >= 0.6 is 0 Å². The largest absolute Gasteiger partial charge is 0.356 e. The number of nitrogens with one attached hydrogen (secondary N) is 4. The summed E-state index contributed by atoms with van der Waals surface area (Å²) in [5, 5.41) is 19.2. The van der Waals surface area contributed by atoms with E-state index in [1.54, 1.807) is 11.0 Å². The topological polar surface area (TPSA) is 147 Å². The summed E-state index contributed by atoms with van der Waals surface area (Å²) in [7, 11) is 0. The lowest BCUT2D eigenvalue weighted by molar-refractivity contribution is -0.142. The zero-order chi connectivity index (χ0) is 28.8. The van der Waals surface area contributed by atoms with Gasteiger partial charge in [0, 0.05) is 29.9 Å². The summed E-state index contributed by atoms with van der Waals surface area (Å²) in [5.41, 5.74) is 1.10. The molecule has 212 valence electrons. The lowest BCUT2D eigenvalue weighted by Gasteiger charge is -2.34. The number of hydrogen-bond acceptors (Lipinski definition) is 5. The van der Waals surface area contributed by atoms with Gasteiger partial charge in [0.25, 0.3) is 5.91 Å². The van der Waals surface area contributed by atoms with E-state index in [0.29, 0.717) is 31.6 Å². The maximum absolute atomic E-state index is 14.0. The molecule has 1 aliphatic carbocycles. The van der Waals surface area contributed by atoms with Crippen LogP contribution in [0, 0.1) is 40.4 Å². The van der Waals surface area contributed by atoms with E-state index in [1.807, 2.05) is 38.1 Å². The van der Waals surface area contributed by atoms with Gasteiger partial charge in [0.15, 0.2) is 0 Å². The van der Waals surface area contributed by atoms with Gasteiger partial charge < -0.3 is 25.8 Å². The van der Waals surface area contributed by atoms with E-state index in [9.17, 15) is 24.4 Å². The van der Waals surface area contributed by atoms with Crippen LogP contribution in [-0.2, 0) is 14.4 Å². The Balaban J connectivity index is 1.33. The van der Waals surface area contributed by atoms with Crippen molar-refractivity contribution in [3.05, 3.63) is 36.0 Å². The van der Waals surface area contributed by atoms with E-state index in [4.69, 9.17) is 0 Å². The Morgan fingerprint density at radius 3 is 2.60 bits per heavy atom. The molecular formula is C30H38N6O4. The van der Waals surface area contributed by atoms with Crippen molar-refractivity contribution >= 4 is 34.5 Å². The predicted molar refractivity (Wildman–Crippen MR) is 149 cm³/mol. The molecule has 0 radical (unpaired) electrons. The Labute approximate surface area is 234 Å². The SMILES string of the molecule is CC(C)C[C@H](NC(=O)c1cc2ccccc2[nH]1)C(=O)N1C[C@H]2[C@@H]([C@H]1C(=O)N[C@@H](C#N)C[C@@H]1CCNC1=O)C2(C)C. The Morgan fingerprint density at radius 1 is 1.20 bits per heavy atom. The lowest BCUT2D eigenvalue weighted by Crippen LogP contribution is -2.57. The van der Waals surface area contributed by atoms with Gasteiger partial charge in [-0.2, -0.15) is 5.26 Å². The minimum atomic E-state index is -0.826. The number of hydrogen-bond donors (Lipinski definition) is 4. The highest BCUT2D eigenvalue weighted by atomic mass is 16.2. The number of aromatic amines is 1. The number of amides is 4. The van der Waals surface area contributed by atoms with Gasteiger partial charge in [-0.15, -0.1) is 0 Å². The number of benzene rings is 1. The van der Waals surface area contributed by atoms with E-state index in [-0.39, 0.29) is 59.1 Å². The highest BCUT2D eigenvalue weighted by molar-refractivity contribution is 6.01. The fourth-order valence-corrected chi connectivity index (χ4v) is 6.69. The maximum atomic E-state index is 14.0. The van der Waals surface area contributed by atoms with Crippen LogP contribution in [0.2, 0.25) is 0 Å². The summed E-state index contributed by atoms with van der Waals surface area (Å²) in [5.74, 6) is -1.19. The first-order chi connectivity index (χ1) is 19.0. The van der Waals surface area contributed by atoms with Crippen LogP contribution in [0.25, 0.3) is 10.9 Å². The molecule has 10 heteroatoms. The van der Waals surface area contributed by atoms with Crippen LogP contribution in [0.1, 0.15) is 57.4 Å². The number of carbonyl (C=O) groups excluding carboxylic acids is 4. The molecule has 3 fully saturated rings. The van der Waals surface area contributed by atoms with E-state index >= 15 is 0 Å². The molecule has 1 saturated carbocycles. The molecule has 2 aromatic rings. The van der Waals surface area contributed by atoms with Crippen LogP contribution < -0.4 is 16.0 Å². The number of nitrogens with zero attached hydrogens (tertiary/aromatic N) is 2. The van der Waals surface area contributed by atoms with Gasteiger partial charge >= 0.3 is 0 Å². The molecule has 2 aliphatic heterocycles. The summed E-state index contributed by atoms with van der Waals surface area (Å²) < 4.78 is 0. The Bertz CT molecular complexity index is 1340. The Hall–Kier alpha value is -3.87. The molecule has 4 amide bonds. The van der Waals surface area contributed by atoms with Crippen LogP contribution in [0.4, 0.5) is 0 Å². The van der Waals surface area contributed by atoms with Crippen molar-refractivity contribution in [1.82, 2.24) is 25.8 Å². The number of rotatable bonds is 9. The van der Waals surface area contributed by atoms with E-state index in [0.717, 1.165) is 10.9 Å². The first-order valence-corrected chi connectivity index (χ1v) is 14.2. The zero-order valence-corrected chi connectivity index (χ0v) is 23.5. The normalized spacial score (nSPS) is 26.1. The summed E-state index contributed by atoms with van der Waals surface area (Å²) in [4.78, 5) is 57.6. The lowest BCUT2D eigenvalue weighted by atomic mass is 9.96. The molecule has 2 saturated heterocycles. The minimum Gasteiger partial charge on any atom is -0.356 e. The monoisotopic (exact) mass is 546 g/mol. The van der Waals surface area contributed by atoms with Crippen molar-refractivity contribution in [3.63, 3.8) is 0 Å². The van der Waals surface area contributed by atoms with Gasteiger partial charge in [0.2, 0.25) is 17.7 Å².